The Bertz CT molecular complexity index is 388. The van der Waals surface area contributed by atoms with Crippen molar-refractivity contribution >= 4 is 28.5 Å². The fourth-order valence-corrected chi connectivity index (χ4v) is 1.44. The summed E-state index contributed by atoms with van der Waals surface area (Å²) in [6.07, 6.45) is 0. The van der Waals surface area contributed by atoms with Gasteiger partial charge in [0.1, 0.15) is 0 Å². The summed E-state index contributed by atoms with van der Waals surface area (Å²) in [5, 5.41) is 6.19. The van der Waals surface area contributed by atoms with Crippen LogP contribution in [0.3, 0.4) is 0 Å². The van der Waals surface area contributed by atoms with Crippen molar-refractivity contribution in [3.8, 4) is 0 Å². The third-order valence-corrected chi connectivity index (χ3v) is 2.62. The molecule has 0 atom stereocenters. The number of rotatable bonds is 3. The summed E-state index contributed by atoms with van der Waals surface area (Å²) >= 11 is 1.10. The van der Waals surface area contributed by atoms with E-state index in [0.29, 0.717) is 0 Å². The molecule has 5 nitrogen and oxygen atoms in total. The number of carbonyl (C=O) groups excluding carboxylic acids is 1. The van der Waals surface area contributed by atoms with Crippen LogP contribution in [-0.4, -0.2) is 16.8 Å². The molecule has 0 fully saturated rings. The van der Waals surface area contributed by atoms with Gasteiger partial charge in [0.2, 0.25) is 5.91 Å². The molecule has 0 unspecified atom stereocenters. The molecule has 0 heterocycles. The molecule has 1 aromatic rings. The largest absolute Gasteiger partial charge is 0.377 e. The highest BCUT2D eigenvalue weighted by Gasteiger charge is 2.03. The van der Waals surface area contributed by atoms with E-state index < -0.39 is 0 Å². The van der Waals surface area contributed by atoms with E-state index >= 15 is 0 Å². The molecule has 6 heteroatoms. The molecule has 0 aliphatic rings. The van der Waals surface area contributed by atoms with Crippen molar-refractivity contribution in [3.63, 3.8) is 0 Å². The molecule has 0 radical (unpaired) electrons. The number of amidine groups is 1. The van der Waals surface area contributed by atoms with E-state index in [2.05, 4.69) is 10.4 Å². The molecule has 5 N–H and O–H groups in total. The Labute approximate surface area is 98.3 Å². The van der Waals surface area contributed by atoms with Gasteiger partial charge in [-0.25, -0.2) is 0 Å². The van der Waals surface area contributed by atoms with Crippen LogP contribution in [0.2, 0.25) is 0 Å². The van der Waals surface area contributed by atoms with Crippen LogP contribution in [0, 0.1) is 6.92 Å². The molecule has 0 aliphatic heterocycles. The smallest absolute Gasteiger partial charge is 0.234 e. The van der Waals surface area contributed by atoms with Gasteiger partial charge in [-0.3, -0.25) is 4.79 Å². The quantitative estimate of drug-likeness (QED) is 0.315. The number of nitrogens with two attached hydrogens (primary N) is 2. The van der Waals surface area contributed by atoms with Gasteiger partial charge in [0, 0.05) is 5.69 Å². The van der Waals surface area contributed by atoms with Gasteiger partial charge in [0.25, 0.3) is 0 Å². The minimum atomic E-state index is -0.138. The van der Waals surface area contributed by atoms with Gasteiger partial charge in [-0.2, -0.15) is 5.10 Å². The fraction of sp³-hybridized carbons (Fsp3) is 0.200. The highest BCUT2D eigenvalue weighted by Crippen LogP contribution is 2.09. The van der Waals surface area contributed by atoms with Gasteiger partial charge in [0.05, 0.1) is 5.75 Å². The van der Waals surface area contributed by atoms with Crippen LogP contribution in [0.15, 0.2) is 29.4 Å². The molecule has 86 valence electrons. The number of amides is 1. The van der Waals surface area contributed by atoms with Crippen molar-refractivity contribution in [1.82, 2.24) is 0 Å². The zero-order valence-corrected chi connectivity index (χ0v) is 9.75. The van der Waals surface area contributed by atoms with Crippen molar-refractivity contribution in [2.45, 2.75) is 6.92 Å². The first-order valence-corrected chi connectivity index (χ1v) is 5.63. The van der Waals surface area contributed by atoms with Crippen LogP contribution >= 0.6 is 11.8 Å². The normalized spacial score (nSPS) is 11.2. The van der Waals surface area contributed by atoms with Crippen LogP contribution in [0.1, 0.15) is 5.56 Å². The maximum atomic E-state index is 11.4. The lowest BCUT2D eigenvalue weighted by Crippen LogP contribution is -2.18. The molecule has 1 aromatic carbocycles. The summed E-state index contributed by atoms with van der Waals surface area (Å²) in [5.41, 5.74) is 7.25. The average molecular weight is 238 g/mol. The number of aryl methyl sites for hydroxylation is 1. The van der Waals surface area contributed by atoms with Crippen molar-refractivity contribution in [3.05, 3.63) is 29.8 Å². The molecule has 0 aliphatic carbocycles. The molecule has 0 spiro atoms. The summed E-state index contributed by atoms with van der Waals surface area (Å²) in [5.74, 6) is 4.99. The monoisotopic (exact) mass is 238 g/mol. The van der Waals surface area contributed by atoms with Crippen LogP contribution < -0.4 is 16.9 Å². The zero-order chi connectivity index (χ0) is 12.0. The molecular weight excluding hydrogens is 224 g/mol. The SMILES string of the molecule is Cc1ccc(NC(=O)CSC(N)=NN)cc1. The number of hydrogen-bond acceptors (Lipinski definition) is 4. The van der Waals surface area contributed by atoms with Crippen molar-refractivity contribution in [2.75, 3.05) is 11.1 Å². The average Bonchev–Trinajstić information content (AvgIpc) is 2.29. The first-order valence-electron chi connectivity index (χ1n) is 4.64. The van der Waals surface area contributed by atoms with E-state index in [1.54, 1.807) is 0 Å². The van der Waals surface area contributed by atoms with Crippen molar-refractivity contribution < 1.29 is 4.79 Å². The maximum absolute atomic E-state index is 11.4. The summed E-state index contributed by atoms with van der Waals surface area (Å²) in [6, 6.07) is 7.55. The van der Waals surface area contributed by atoms with E-state index in [9.17, 15) is 4.79 Å². The fourth-order valence-electron chi connectivity index (χ4n) is 1.01. The predicted molar refractivity (Wildman–Crippen MR) is 68.1 cm³/mol. The third kappa shape index (κ3) is 4.22. The summed E-state index contributed by atoms with van der Waals surface area (Å²) in [4.78, 5) is 11.4. The predicted octanol–water partition coefficient (Wildman–Crippen LogP) is 0.855. The standard InChI is InChI=1S/C10H14N4OS/c1-7-2-4-8(5-3-7)13-9(15)6-16-10(11)14-12/h2-5H,6,12H2,1H3,(H2,11,14)(H,13,15). The van der Waals surface area contributed by atoms with Gasteiger partial charge in [-0.15, -0.1) is 0 Å². The first kappa shape index (κ1) is 12.4. The van der Waals surface area contributed by atoms with Crippen molar-refractivity contribution in [2.24, 2.45) is 16.7 Å². The number of hydrazone groups is 1. The number of nitrogens with zero attached hydrogens (tertiary/aromatic N) is 1. The van der Waals surface area contributed by atoms with Crippen LogP contribution in [0.5, 0.6) is 0 Å². The number of anilines is 1. The highest BCUT2D eigenvalue weighted by atomic mass is 32.2. The second-order valence-electron chi connectivity index (χ2n) is 3.17. The molecule has 0 bridgehead atoms. The highest BCUT2D eigenvalue weighted by molar-refractivity contribution is 8.14. The minimum Gasteiger partial charge on any atom is -0.377 e. The number of benzene rings is 1. The topological polar surface area (TPSA) is 93.5 Å². The summed E-state index contributed by atoms with van der Waals surface area (Å²) < 4.78 is 0. The van der Waals surface area contributed by atoms with E-state index in [4.69, 9.17) is 11.6 Å². The molecule has 0 aromatic heterocycles. The second-order valence-corrected chi connectivity index (χ2v) is 4.17. The van der Waals surface area contributed by atoms with Crippen molar-refractivity contribution in [1.29, 1.82) is 0 Å². The Morgan fingerprint density at radius 3 is 2.62 bits per heavy atom. The Morgan fingerprint density at radius 1 is 1.44 bits per heavy atom. The van der Waals surface area contributed by atoms with Gasteiger partial charge < -0.3 is 16.9 Å². The lowest BCUT2D eigenvalue weighted by atomic mass is 10.2. The van der Waals surface area contributed by atoms with Gasteiger partial charge in [-0.05, 0) is 19.1 Å². The molecule has 16 heavy (non-hydrogen) atoms. The molecular formula is C10H14N4OS. The van der Waals surface area contributed by atoms with Crippen LogP contribution in [-0.2, 0) is 4.79 Å². The summed E-state index contributed by atoms with van der Waals surface area (Å²) in [7, 11) is 0. The third-order valence-electron chi connectivity index (χ3n) is 1.81. The van der Waals surface area contributed by atoms with Gasteiger partial charge in [-0.1, -0.05) is 29.5 Å². The molecule has 0 saturated carbocycles. The number of thioether (sulfide) groups is 1. The Morgan fingerprint density at radius 2 is 2.06 bits per heavy atom. The lowest BCUT2D eigenvalue weighted by Gasteiger charge is -2.04. The number of hydrogen-bond donors (Lipinski definition) is 3. The number of nitrogens with one attached hydrogen (secondary N) is 1. The zero-order valence-electron chi connectivity index (χ0n) is 8.93. The molecule has 0 saturated heterocycles. The van der Waals surface area contributed by atoms with Crippen LogP contribution in [0.25, 0.3) is 0 Å². The Balaban J connectivity index is 2.43. The van der Waals surface area contributed by atoms with E-state index in [1.165, 1.54) is 0 Å². The summed E-state index contributed by atoms with van der Waals surface area (Å²) in [6.45, 7) is 1.99. The van der Waals surface area contributed by atoms with Crippen LogP contribution in [0.4, 0.5) is 5.69 Å². The second kappa shape index (κ2) is 6.02. The maximum Gasteiger partial charge on any atom is 0.234 e. The lowest BCUT2D eigenvalue weighted by molar-refractivity contribution is -0.113. The van der Waals surface area contributed by atoms with E-state index in [-0.39, 0.29) is 16.8 Å². The Kier molecular flexibility index (Phi) is 4.65. The van der Waals surface area contributed by atoms with Gasteiger partial charge in [0.15, 0.2) is 5.17 Å². The first-order chi connectivity index (χ1) is 7.61. The van der Waals surface area contributed by atoms with E-state index in [1.807, 2.05) is 31.2 Å². The number of carbonyl (C=O) groups is 1. The van der Waals surface area contributed by atoms with Gasteiger partial charge >= 0.3 is 0 Å². The molecule has 1 amide bonds. The Hall–Kier alpha value is -1.69. The minimum absolute atomic E-state index is 0.138. The van der Waals surface area contributed by atoms with E-state index in [0.717, 1.165) is 23.0 Å². The molecule has 1 rings (SSSR count).